The lowest BCUT2D eigenvalue weighted by Crippen LogP contribution is -2.52. The van der Waals surface area contributed by atoms with Gasteiger partial charge in [-0.25, -0.2) is 0 Å². The highest BCUT2D eigenvalue weighted by atomic mass is 16.3. The molecule has 2 fully saturated rings. The lowest BCUT2D eigenvalue weighted by molar-refractivity contribution is 0.0511. The number of nitrogens with zero attached hydrogens (tertiary/aromatic N) is 1. The summed E-state index contributed by atoms with van der Waals surface area (Å²) in [6.07, 6.45) is 4.55. The number of aliphatic hydroxyl groups is 1. The fraction of sp³-hybridized carbons (Fsp3) is 1.00. The minimum Gasteiger partial charge on any atom is -0.393 e. The summed E-state index contributed by atoms with van der Waals surface area (Å²) >= 11 is 0. The van der Waals surface area contributed by atoms with Crippen LogP contribution >= 0.6 is 0 Å². The first kappa shape index (κ1) is 11.4. The molecule has 1 saturated carbocycles. The van der Waals surface area contributed by atoms with Gasteiger partial charge in [-0.2, -0.15) is 0 Å². The Kier molecular flexibility index (Phi) is 3.65. The highest BCUT2D eigenvalue weighted by Crippen LogP contribution is 2.24. The maximum atomic E-state index is 9.24. The smallest absolute Gasteiger partial charge is 0.0570 e. The zero-order valence-electron chi connectivity index (χ0n) is 9.95. The van der Waals surface area contributed by atoms with E-state index in [0.29, 0.717) is 12.1 Å². The van der Waals surface area contributed by atoms with Gasteiger partial charge in [-0.1, -0.05) is 0 Å². The van der Waals surface area contributed by atoms with E-state index in [1.54, 1.807) is 0 Å². The van der Waals surface area contributed by atoms with E-state index in [1.165, 1.54) is 25.9 Å². The summed E-state index contributed by atoms with van der Waals surface area (Å²) in [7, 11) is 2.21. The van der Waals surface area contributed by atoms with Crippen LogP contribution in [0.5, 0.6) is 0 Å². The van der Waals surface area contributed by atoms with Crippen LogP contribution in [0.1, 0.15) is 32.6 Å². The molecule has 0 radical (unpaired) electrons. The second-order valence-electron chi connectivity index (χ2n) is 5.44. The van der Waals surface area contributed by atoms with Gasteiger partial charge in [0.2, 0.25) is 0 Å². The van der Waals surface area contributed by atoms with Crippen LogP contribution < -0.4 is 5.32 Å². The molecule has 0 aromatic heterocycles. The van der Waals surface area contributed by atoms with E-state index < -0.39 is 0 Å². The topological polar surface area (TPSA) is 35.5 Å². The summed E-state index contributed by atoms with van der Waals surface area (Å²) < 4.78 is 0. The number of hydrogen-bond donors (Lipinski definition) is 2. The highest BCUT2D eigenvalue weighted by molar-refractivity contribution is 4.89. The summed E-state index contributed by atoms with van der Waals surface area (Å²) in [4.78, 5) is 2.43. The first-order valence-corrected chi connectivity index (χ1v) is 6.28. The van der Waals surface area contributed by atoms with Crippen molar-refractivity contribution in [3.8, 4) is 0 Å². The summed E-state index contributed by atoms with van der Waals surface area (Å²) in [5.74, 6) is 0.793. The van der Waals surface area contributed by atoms with Crippen LogP contribution in [0, 0.1) is 5.92 Å². The summed E-state index contributed by atoms with van der Waals surface area (Å²) in [5, 5.41) is 12.9. The van der Waals surface area contributed by atoms with E-state index in [9.17, 15) is 5.11 Å². The Morgan fingerprint density at radius 3 is 2.73 bits per heavy atom. The molecule has 2 atom stereocenters. The number of likely N-dealkylation sites (tertiary alicyclic amines) is 1. The molecule has 1 aliphatic heterocycles. The maximum Gasteiger partial charge on any atom is 0.0570 e. The van der Waals surface area contributed by atoms with Crippen molar-refractivity contribution in [1.29, 1.82) is 0 Å². The van der Waals surface area contributed by atoms with Crippen LogP contribution in [0.2, 0.25) is 0 Å². The van der Waals surface area contributed by atoms with Crippen molar-refractivity contribution < 1.29 is 5.11 Å². The third kappa shape index (κ3) is 2.92. The van der Waals surface area contributed by atoms with Gasteiger partial charge < -0.3 is 15.3 Å². The molecule has 1 aliphatic carbocycles. The molecule has 0 aromatic rings. The predicted molar refractivity (Wildman–Crippen MR) is 61.8 cm³/mol. The average Bonchev–Trinajstić information content (AvgIpc) is 2.15. The summed E-state index contributed by atoms with van der Waals surface area (Å²) in [6, 6.07) is 1.17. The van der Waals surface area contributed by atoms with Gasteiger partial charge in [-0.05, 0) is 52.1 Å². The Morgan fingerprint density at radius 2 is 2.13 bits per heavy atom. The molecule has 2 aliphatic rings. The Morgan fingerprint density at radius 1 is 1.40 bits per heavy atom. The van der Waals surface area contributed by atoms with E-state index in [2.05, 4.69) is 24.2 Å². The van der Waals surface area contributed by atoms with Crippen molar-refractivity contribution in [1.82, 2.24) is 10.2 Å². The molecule has 2 unspecified atom stereocenters. The second-order valence-corrected chi connectivity index (χ2v) is 5.44. The van der Waals surface area contributed by atoms with Gasteiger partial charge >= 0.3 is 0 Å². The van der Waals surface area contributed by atoms with Gasteiger partial charge in [-0.3, -0.25) is 0 Å². The van der Waals surface area contributed by atoms with E-state index in [0.717, 1.165) is 18.8 Å². The van der Waals surface area contributed by atoms with Crippen molar-refractivity contribution in [3.05, 3.63) is 0 Å². The molecule has 2 N–H and O–H groups in total. The minimum atomic E-state index is -0.0382. The van der Waals surface area contributed by atoms with Crippen LogP contribution in [0.4, 0.5) is 0 Å². The summed E-state index contributed by atoms with van der Waals surface area (Å²) in [5.41, 5.74) is 0. The van der Waals surface area contributed by atoms with Gasteiger partial charge in [0.1, 0.15) is 0 Å². The van der Waals surface area contributed by atoms with E-state index >= 15 is 0 Å². The molecule has 3 heteroatoms. The standard InChI is InChI=1S/C12H24N2O/c1-9(13-11-6-12(15)7-11)10-4-3-5-14(2)8-10/h9-13,15H,3-8H2,1-2H3. The van der Waals surface area contributed by atoms with Crippen molar-refractivity contribution in [2.24, 2.45) is 5.92 Å². The Balaban J connectivity index is 1.72. The van der Waals surface area contributed by atoms with Crippen LogP contribution in [0.15, 0.2) is 0 Å². The monoisotopic (exact) mass is 212 g/mol. The Labute approximate surface area is 92.8 Å². The van der Waals surface area contributed by atoms with Crippen LogP contribution in [0.25, 0.3) is 0 Å². The maximum absolute atomic E-state index is 9.24. The fourth-order valence-electron chi connectivity index (χ4n) is 2.85. The van der Waals surface area contributed by atoms with Crippen molar-refractivity contribution in [2.75, 3.05) is 20.1 Å². The van der Waals surface area contributed by atoms with Crippen LogP contribution in [-0.4, -0.2) is 48.3 Å². The summed E-state index contributed by atoms with van der Waals surface area (Å²) in [6.45, 7) is 4.78. The molecule has 0 amide bonds. The SMILES string of the molecule is CC(NC1CC(O)C1)C1CCCN(C)C1. The first-order chi connectivity index (χ1) is 7.15. The molecular formula is C12H24N2O. The van der Waals surface area contributed by atoms with Gasteiger partial charge in [-0.15, -0.1) is 0 Å². The zero-order chi connectivity index (χ0) is 10.8. The van der Waals surface area contributed by atoms with Gasteiger partial charge in [0.25, 0.3) is 0 Å². The van der Waals surface area contributed by atoms with E-state index in [-0.39, 0.29) is 6.10 Å². The number of aliphatic hydroxyl groups excluding tert-OH is 1. The van der Waals surface area contributed by atoms with Crippen molar-refractivity contribution in [2.45, 2.75) is 50.8 Å². The molecule has 0 bridgehead atoms. The molecular weight excluding hydrogens is 188 g/mol. The molecule has 3 nitrogen and oxygen atoms in total. The second kappa shape index (κ2) is 4.81. The molecule has 1 heterocycles. The number of nitrogens with one attached hydrogen (secondary N) is 1. The molecule has 15 heavy (non-hydrogen) atoms. The van der Waals surface area contributed by atoms with E-state index in [1.807, 2.05) is 0 Å². The first-order valence-electron chi connectivity index (χ1n) is 6.28. The predicted octanol–water partition coefficient (Wildman–Crippen LogP) is 0.830. The van der Waals surface area contributed by atoms with E-state index in [4.69, 9.17) is 0 Å². The molecule has 2 rings (SSSR count). The molecule has 0 spiro atoms. The van der Waals surface area contributed by atoms with Gasteiger partial charge in [0.15, 0.2) is 0 Å². The quantitative estimate of drug-likeness (QED) is 0.727. The van der Waals surface area contributed by atoms with Gasteiger partial charge in [0, 0.05) is 18.6 Å². The van der Waals surface area contributed by atoms with Crippen LogP contribution in [-0.2, 0) is 0 Å². The highest BCUT2D eigenvalue weighted by Gasteiger charge is 2.30. The Hall–Kier alpha value is -0.120. The third-order valence-electron chi connectivity index (χ3n) is 3.98. The fourth-order valence-corrected chi connectivity index (χ4v) is 2.85. The Bertz CT molecular complexity index is 204. The number of hydrogen-bond acceptors (Lipinski definition) is 3. The average molecular weight is 212 g/mol. The van der Waals surface area contributed by atoms with Crippen molar-refractivity contribution >= 4 is 0 Å². The molecule has 0 aromatic carbocycles. The van der Waals surface area contributed by atoms with Crippen molar-refractivity contribution in [3.63, 3.8) is 0 Å². The molecule has 1 saturated heterocycles. The number of piperidine rings is 1. The van der Waals surface area contributed by atoms with Crippen LogP contribution in [0.3, 0.4) is 0 Å². The normalized spacial score (nSPS) is 39.8. The largest absolute Gasteiger partial charge is 0.393 e. The molecule has 88 valence electrons. The number of rotatable bonds is 3. The minimum absolute atomic E-state index is 0.0382. The zero-order valence-corrected chi connectivity index (χ0v) is 9.95. The lowest BCUT2D eigenvalue weighted by Gasteiger charge is -2.39. The lowest BCUT2D eigenvalue weighted by atomic mass is 9.86. The third-order valence-corrected chi connectivity index (χ3v) is 3.98. The van der Waals surface area contributed by atoms with Gasteiger partial charge in [0.05, 0.1) is 6.10 Å².